The molecule has 4 aromatic rings. The van der Waals surface area contributed by atoms with E-state index in [4.69, 9.17) is 4.98 Å². The van der Waals surface area contributed by atoms with E-state index in [1.165, 1.54) is 0 Å². The van der Waals surface area contributed by atoms with Gasteiger partial charge in [-0.05, 0) is 42.7 Å². The zero-order valence-electron chi connectivity index (χ0n) is 17.4. The van der Waals surface area contributed by atoms with Crippen molar-refractivity contribution in [2.45, 2.75) is 38.3 Å². The number of amides is 1. The molecule has 1 saturated carbocycles. The summed E-state index contributed by atoms with van der Waals surface area (Å²) in [6, 6.07) is 17.4. The maximum Gasteiger partial charge on any atom is 0.261 e. The number of aromatic nitrogens is 4. The maximum absolute atomic E-state index is 13.0. The molecule has 5 rings (SSSR count). The molecule has 0 spiro atoms. The molecule has 0 atom stereocenters. The number of hydrogen-bond acceptors (Lipinski definition) is 4. The first-order valence-electron chi connectivity index (χ1n) is 10.6. The van der Waals surface area contributed by atoms with E-state index >= 15 is 0 Å². The highest BCUT2D eigenvalue weighted by atomic mass is 79.9. The topological polar surface area (TPSA) is 81.8 Å². The van der Waals surface area contributed by atoms with Crippen molar-refractivity contribution in [3.63, 3.8) is 0 Å². The zero-order chi connectivity index (χ0) is 22.1. The zero-order valence-corrected chi connectivity index (χ0v) is 19.0. The van der Waals surface area contributed by atoms with E-state index in [0.29, 0.717) is 35.5 Å². The Labute approximate surface area is 193 Å². The lowest BCUT2D eigenvalue weighted by Crippen LogP contribution is -2.26. The van der Waals surface area contributed by atoms with Crippen LogP contribution in [0.1, 0.15) is 36.7 Å². The number of carbonyl (C=O) groups is 1. The van der Waals surface area contributed by atoms with Gasteiger partial charge in [0.25, 0.3) is 5.56 Å². The van der Waals surface area contributed by atoms with Crippen LogP contribution in [0, 0.1) is 0 Å². The van der Waals surface area contributed by atoms with Crippen molar-refractivity contribution in [1.82, 2.24) is 19.3 Å². The third-order valence-electron chi connectivity index (χ3n) is 5.60. The van der Waals surface area contributed by atoms with Gasteiger partial charge in [0, 0.05) is 29.4 Å². The van der Waals surface area contributed by atoms with Gasteiger partial charge in [0.2, 0.25) is 5.91 Å². The minimum Gasteiger partial charge on any atom is -0.311 e. The van der Waals surface area contributed by atoms with Crippen molar-refractivity contribution in [1.29, 1.82) is 0 Å². The largest absolute Gasteiger partial charge is 0.311 e. The number of fused-ring (bicyclic) bond motifs is 1. The first kappa shape index (κ1) is 20.6. The average Bonchev–Trinajstić information content (AvgIpc) is 3.54. The molecule has 0 saturated heterocycles. The van der Waals surface area contributed by atoms with Crippen LogP contribution in [0.3, 0.4) is 0 Å². The minimum absolute atomic E-state index is 0.0129. The summed E-state index contributed by atoms with van der Waals surface area (Å²) in [5, 5.41) is 7.90. The van der Waals surface area contributed by atoms with Gasteiger partial charge in [-0.2, -0.15) is 5.10 Å². The molecule has 0 radical (unpaired) electrons. The first-order valence-corrected chi connectivity index (χ1v) is 11.4. The Balaban J connectivity index is 1.30. The smallest absolute Gasteiger partial charge is 0.261 e. The molecular formula is C24H22BrN5O2. The number of rotatable bonds is 7. The highest BCUT2D eigenvalue weighted by Crippen LogP contribution is 2.35. The van der Waals surface area contributed by atoms with Crippen molar-refractivity contribution in [3.8, 4) is 0 Å². The van der Waals surface area contributed by atoms with Crippen LogP contribution < -0.4 is 10.9 Å². The summed E-state index contributed by atoms with van der Waals surface area (Å²) in [6.07, 6.45) is 4.27. The van der Waals surface area contributed by atoms with Gasteiger partial charge in [0.15, 0.2) is 0 Å². The highest BCUT2D eigenvalue weighted by molar-refractivity contribution is 9.10. The van der Waals surface area contributed by atoms with Crippen molar-refractivity contribution < 1.29 is 4.79 Å². The van der Waals surface area contributed by atoms with Crippen molar-refractivity contribution >= 4 is 38.6 Å². The number of para-hydroxylation sites is 1. The molecule has 2 aromatic carbocycles. The second-order valence-corrected chi connectivity index (χ2v) is 8.92. The van der Waals surface area contributed by atoms with E-state index in [0.717, 1.165) is 22.9 Å². The second-order valence-electron chi connectivity index (χ2n) is 8.00. The summed E-state index contributed by atoms with van der Waals surface area (Å²) in [7, 11) is 0. The number of nitrogens with zero attached hydrogens (tertiary/aromatic N) is 4. The Kier molecular flexibility index (Phi) is 5.61. The summed E-state index contributed by atoms with van der Waals surface area (Å²) in [6.45, 7) is 0.559. The number of aryl methyl sites for hydroxylation is 1. The molecule has 0 aliphatic heterocycles. The van der Waals surface area contributed by atoms with E-state index in [1.54, 1.807) is 21.5 Å². The number of carbonyl (C=O) groups excluding carboxylic acids is 1. The Morgan fingerprint density at radius 1 is 1.09 bits per heavy atom. The summed E-state index contributed by atoms with van der Waals surface area (Å²) in [4.78, 5) is 30.4. The number of anilines is 1. The van der Waals surface area contributed by atoms with E-state index < -0.39 is 0 Å². The van der Waals surface area contributed by atoms with Crippen LogP contribution in [0.15, 0.2) is 70.1 Å². The number of hydrogen-bond donors (Lipinski definition) is 1. The molecule has 2 aromatic heterocycles. The SMILES string of the molecule is O=C(CCc1nc2ccccc2c(=O)n1C1CC1)Nc1ccnn1Cc1ccc(Br)cc1. The monoisotopic (exact) mass is 491 g/mol. The fourth-order valence-corrected chi connectivity index (χ4v) is 4.10. The van der Waals surface area contributed by atoms with Crippen molar-refractivity contribution in [2.75, 3.05) is 5.32 Å². The van der Waals surface area contributed by atoms with Gasteiger partial charge in [-0.3, -0.25) is 14.2 Å². The maximum atomic E-state index is 13.0. The molecule has 7 nitrogen and oxygen atoms in total. The normalized spacial score (nSPS) is 13.4. The lowest BCUT2D eigenvalue weighted by molar-refractivity contribution is -0.116. The average molecular weight is 492 g/mol. The highest BCUT2D eigenvalue weighted by Gasteiger charge is 2.28. The van der Waals surface area contributed by atoms with Gasteiger partial charge in [0.1, 0.15) is 11.6 Å². The van der Waals surface area contributed by atoms with E-state index in [9.17, 15) is 9.59 Å². The molecule has 2 heterocycles. The van der Waals surface area contributed by atoms with Gasteiger partial charge < -0.3 is 5.32 Å². The van der Waals surface area contributed by atoms with Gasteiger partial charge in [0.05, 0.1) is 23.6 Å². The van der Waals surface area contributed by atoms with Gasteiger partial charge in [-0.15, -0.1) is 0 Å². The molecule has 1 aliphatic carbocycles. The first-order chi connectivity index (χ1) is 15.6. The molecular weight excluding hydrogens is 470 g/mol. The summed E-state index contributed by atoms with van der Waals surface area (Å²) >= 11 is 3.44. The van der Waals surface area contributed by atoms with Gasteiger partial charge in [-0.25, -0.2) is 9.67 Å². The molecule has 1 aliphatic rings. The molecule has 8 heteroatoms. The predicted molar refractivity (Wildman–Crippen MR) is 127 cm³/mol. The van der Waals surface area contributed by atoms with Crippen LogP contribution in [0.2, 0.25) is 0 Å². The summed E-state index contributed by atoms with van der Waals surface area (Å²) in [5.41, 5.74) is 1.75. The van der Waals surface area contributed by atoms with E-state index in [1.807, 2.05) is 48.5 Å². The Bertz CT molecular complexity index is 1340. The third-order valence-corrected chi connectivity index (χ3v) is 6.13. The Morgan fingerprint density at radius 2 is 1.88 bits per heavy atom. The summed E-state index contributed by atoms with van der Waals surface area (Å²) < 4.78 is 4.56. The molecule has 0 unspecified atom stereocenters. The van der Waals surface area contributed by atoms with Crippen molar-refractivity contribution in [2.24, 2.45) is 0 Å². The van der Waals surface area contributed by atoms with Crippen LogP contribution in [-0.2, 0) is 17.8 Å². The Morgan fingerprint density at radius 3 is 2.66 bits per heavy atom. The van der Waals surface area contributed by atoms with Crippen LogP contribution in [0.5, 0.6) is 0 Å². The molecule has 1 N–H and O–H groups in total. The second kappa shape index (κ2) is 8.70. The minimum atomic E-state index is -0.132. The standard InChI is InChI=1S/C24H22BrN5O2/c25-17-7-5-16(6-8-17)15-29-21(13-14-26-29)28-23(31)12-11-22-27-20-4-2-1-3-19(20)24(32)30(22)18-9-10-18/h1-8,13-14,18H,9-12,15H2,(H,28,31). The molecule has 32 heavy (non-hydrogen) atoms. The predicted octanol–water partition coefficient (Wildman–Crippen LogP) is 4.31. The lowest BCUT2D eigenvalue weighted by Gasteiger charge is -2.13. The van der Waals surface area contributed by atoms with Crippen LogP contribution in [0.25, 0.3) is 10.9 Å². The van der Waals surface area contributed by atoms with Gasteiger partial charge in [-0.1, -0.05) is 40.2 Å². The van der Waals surface area contributed by atoms with Crippen LogP contribution >= 0.6 is 15.9 Å². The van der Waals surface area contributed by atoms with Crippen molar-refractivity contribution in [3.05, 3.63) is 87.0 Å². The van der Waals surface area contributed by atoms with E-state index in [-0.39, 0.29) is 23.9 Å². The lowest BCUT2D eigenvalue weighted by atomic mass is 10.2. The van der Waals surface area contributed by atoms with Crippen LogP contribution in [0.4, 0.5) is 5.82 Å². The number of nitrogens with one attached hydrogen (secondary N) is 1. The Hall–Kier alpha value is -3.26. The number of benzene rings is 2. The molecule has 162 valence electrons. The van der Waals surface area contributed by atoms with Crippen LogP contribution in [-0.4, -0.2) is 25.2 Å². The third kappa shape index (κ3) is 4.36. The number of halogens is 1. The fraction of sp³-hybridized carbons (Fsp3) is 0.250. The molecule has 0 bridgehead atoms. The van der Waals surface area contributed by atoms with Gasteiger partial charge >= 0.3 is 0 Å². The summed E-state index contributed by atoms with van der Waals surface area (Å²) in [5.74, 6) is 1.19. The fourth-order valence-electron chi connectivity index (χ4n) is 3.84. The van der Waals surface area contributed by atoms with E-state index in [2.05, 4.69) is 26.3 Å². The molecule has 1 amide bonds. The molecule has 1 fully saturated rings. The quantitative estimate of drug-likeness (QED) is 0.417.